The van der Waals surface area contributed by atoms with Gasteiger partial charge in [0.05, 0.1) is 24.7 Å². The van der Waals surface area contributed by atoms with Crippen LogP contribution < -0.4 is 4.74 Å². The molecule has 3 aliphatic heterocycles. The molecule has 6 heteroatoms. The maximum Gasteiger partial charge on any atom is 0.126 e. The highest BCUT2D eigenvalue weighted by Gasteiger charge is 2.52. The molecule has 0 saturated carbocycles. The Kier molecular flexibility index (Phi) is 4.68. The van der Waals surface area contributed by atoms with Gasteiger partial charge in [-0.15, -0.1) is 0 Å². The summed E-state index contributed by atoms with van der Waals surface area (Å²) in [5.41, 5.74) is 3.45. The van der Waals surface area contributed by atoms with E-state index in [1.54, 1.807) is 6.33 Å². The fourth-order valence-electron chi connectivity index (χ4n) is 5.42. The maximum absolute atomic E-state index is 6.58. The van der Waals surface area contributed by atoms with Crippen LogP contribution in [-0.2, 0) is 11.3 Å². The Bertz CT molecular complexity index is 901. The highest BCUT2D eigenvalue weighted by molar-refractivity contribution is 6.30. The van der Waals surface area contributed by atoms with E-state index in [0.29, 0.717) is 5.92 Å². The van der Waals surface area contributed by atoms with Crippen molar-refractivity contribution in [3.63, 3.8) is 0 Å². The highest BCUT2D eigenvalue weighted by atomic mass is 35.5. The maximum atomic E-state index is 6.58. The van der Waals surface area contributed by atoms with E-state index in [1.165, 1.54) is 5.69 Å². The number of piperidine rings is 1. The number of H-pyrrole nitrogens is 1. The summed E-state index contributed by atoms with van der Waals surface area (Å²) in [5, 5.41) is 0.747. The molecule has 0 radical (unpaired) electrons. The van der Waals surface area contributed by atoms with E-state index < -0.39 is 0 Å². The molecule has 2 saturated heterocycles. The molecule has 4 heterocycles. The number of hydrogen-bond donors (Lipinski definition) is 1. The number of aryl methyl sites for hydroxylation is 1. The molecule has 5 rings (SSSR count). The van der Waals surface area contributed by atoms with E-state index in [4.69, 9.17) is 21.1 Å². The van der Waals surface area contributed by atoms with Gasteiger partial charge in [-0.25, -0.2) is 4.98 Å². The van der Waals surface area contributed by atoms with E-state index in [0.717, 1.165) is 67.5 Å². The van der Waals surface area contributed by atoms with E-state index in [-0.39, 0.29) is 17.1 Å². The van der Waals surface area contributed by atoms with Gasteiger partial charge in [-0.3, -0.25) is 4.90 Å². The molecular weight excluding hydrogens is 386 g/mol. The number of benzene rings is 1. The van der Waals surface area contributed by atoms with Gasteiger partial charge in [-0.1, -0.05) is 11.6 Å². The zero-order valence-electron chi connectivity index (χ0n) is 17.5. The lowest BCUT2D eigenvalue weighted by atomic mass is 9.64. The number of rotatable bonds is 2. The Morgan fingerprint density at radius 3 is 2.79 bits per heavy atom. The zero-order valence-corrected chi connectivity index (χ0v) is 18.3. The number of nitrogens with one attached hydrogen (secondary N) is 1. The van der Waals surface area contributed by atoms with Gasteiger partial charge in [0, 0.05) is 28.7 Å². The summed E-state index contributed by atoms with van der Waals surface area (Å²) in [6.45, 7) is 10.5. The van der Waals surface area contributed by atoms with Crippen LogP contribution in [-0.4, -0.2) is 40.2 Å². The van der Waals surface area contributed by atoms with E-state index in [9.17, 15) is 0 Å². The lowest BCUT2D eigenvalue weighted by molar-refractivity contribution is -0.174. The fraction of sp³-hybridized carbons (Fsp3) is 0.609. The number of fused-ring (bicyclic) bond motifs is 3. The molecule has 1 aromatic carbocycles. The molecule has 1 spiro atoms. The van der Waals surface area contributed by atoms with E-state index in [2.05, 4.69) is 35.6 Å². The average molecular weight is 416 g/mol. The number of aromatic nitrogens is 2. The lowest BCUT2D eigenvalue weighted by Gasteiger charge is -2.54. The van der Waals surface area contributed by atoms with Crippen molar-refractivity contribution in [1.29, 1.82) is 0 Å². The third-order valence-corrected chi connectivity index (χ3v) is 7.59. The summed E-state index contributed by atoms with van der Waals surface area (Å²) in [4.78, 5) is 10.2. The quantitative estimate of drug-likeness (QED) is 0.757. The Morgan fingerprint density at radius 2 is 2.07 bits per heavy atom. The zero-order chi connectivity index (χ0) is 20.2. The normalized spacial score (nSPS) is 27.9. The summed E-state index contributed by atoms with van der Waals surface area (Å²) in [6.07, 6.45) is 5.34. The van der Waals surface area contributed by atoms with Crippen molar-refractivity contribution in [3.05, 3.63) is 46.5 Å². The van der Waals surface area contributed by atoms with Crippen LogP contribution in [0, 0.1) is 18.3 Å². The van der Waals surface area contributed by atoms with Gasteiger partial charge in [-0.05, 0) is 76.7 Å². The highest BCUT2D eigenvalue weighted by Crippen LogP contribution is 2.55. The van der Waals surface area contributed by atoms with E-state index >= 15 is 0 Å². The molecule has 2 atom stereocenters. The van der Waals surface area contributed by atoms with Gasteiger partial charge in [0.1, 0.15) is 11.4 Å². The first-order chi connectivity index (χ1) is 13.9. The Morgan fingerprint density at radius 1 is 1.28 bits per heavy atom. The average Bonchev–Trinajstić information content (AvgIpc) is 3.09. The van der Waals surface area contributed by atoms with Crippen molar-refractivity contribution in [1.82, 2.24) is 14.9 Å². The van der Waals surface area contributed by atoms with Gasteiger partial charge in [0.25, 0.3) is 0 Å². The first kappa shape index (κ1) is 19.4. The van der Waals surface area contributed by atoms with Gasteiger partial charge in [0.2, 0.25) is 0 Å². The smallest absolute Gasteiger partial charge is 0.126 e. The summed E-state index contributed by atoms with van der Waals surface area (Å²) in [5.74, 6) is 1.25. The third kappa shape index (κ3) is 3.47. The van der Waals surface area contributed by atoms with Crippen LogP contribution in [0.3, 0.4) is 0 Å². The van der Waals surface area contributed by atoms with Gasteiger partial charge >= 0.3 is 0 Å². The van der Waals surface area contributed by atoms with Crippen LogP contribution in [0.1, 0.15) is 56.2 Å². The molecule has 0 aliphatic carbocycles. The number of aromatic amines is 1. The summed E-state index contributed by atoms with van der Waals surface area (Å²) >= 11 is 6.28. The molecule has 0 unspecified atom stereocenters. The van der Waals surface area contributed by atoms with Crippen molar-refractivity contribution in [3.8, 4) is 5.75 Å². The minimum atomic E-state index is -0.248. The molecule has 156 valence electrons. The number of imidazole rings is 1. The number of hydrogen-bond acceptors (Lipinski definition) is 4. The molecule has 2 fully saturated rings. The molecule has 1 N–H and O–H groups in total. The minimum Gasteiger partial charge on any atom is -0.487 e. The van der Waals surface area contributed by atoms with Crippen molar-refractivity contribution < 1.29 is 9.47 Å². The lowest BCUT2D eigenvalue weighted by Crippen LogP contribution is -2.54. The molecular formula is C23H30ClN3O2. The first-order valence-electron chi connectivity index (χ1n) is 10.7. The van der Waals surface area contributed by atoms with Crippen molar-refractivity contribution >= 4 is 11.6 Å². The van der Waals surface area contributed by atoms with Crippen molar-refractivity contribution in [2.45, 2.75) is 58.3 Å². The van der Waals surface area contributed by atoms with Gasteiger partial charge < -0.3 is 14.5 Å². The van der Waals surface area contributed by atoms with E-state index in [1.807, 2.05) is 18.2 Å². The van der Waals surface area contributed by atoms with Gasteiger partial charge in [-0.2, -0.15) is 0 Å². The number of halogens is 1. The van der Waals surface area contributed by atoms with Gasteiger partial charge in [0.15, 0.2) is 0 Å². The largest absolute Gasteiger partial charge is 0.487 e. The molecule has 5 nitrogen and oxygen atoms in total. The molecule has 0 amide bonds. The Hall–Kier alpha value is -1.56. The van der Waals surface area contributed by atoms with Crippen molar-refractivity contribution in [2.75, 3.05) is 19.7 Å². The Balaban J connectivity index is 1.31. The molecule has 2 aromatic rings. The summed E-state index contributed by atoms with van der Waals surface area (Å²) in [6, 6.07) is 5.91. The second-order valence-corrected chi connectivity index (χ2v) is 10.1. The topological polar surface area (TPSA) is 50.4 Å². The predicted octanol–water partition coefficient (Wildman–Crippen LogP) is 4.90. The van der Waals surface area contributed by atoms with Crippen molar-refractivity contribution in [2.24, 2.45) is 11.3 Å². The predicted molar refractivity (Wildman–Crippen MR) is 113 cm³/mol. The van der Waals surface area contributed by atoms with Crippen LogP contribution in [0.15, 0.2) is 24.5 Å². The monoisotopic (exact) mass is 415 g/mol. The number of nitrogens with zero attached hydrogens (tertiary/aromatic N) is 2. The van der Waals surface area contributed by atoms with Crippen LogP contribution in [0.2, 0.25) is 5.02 Å². The minimum absolute atomic E-state index is 0.0720. The SMILES string of the molecule is Cc1[nH]cnc1CN1CCC2(CC1)CO[C@@H]1c3cc(Cl)ccc3OC(C)(C)[C@H]1C2. The molecule has 0 bridgehead atoms. The van der Waals surface area contributed by atoms with Crippen LogP contribution in [0.25, 0.3) is 0 Å². The third-order valence-electron chi connectivity index (χ3n) is 7.36. The molecule has 3 aliphatic rings. The fourth-order valence-corrected chi connectivity index (χ4v) is 5.60. The first-order valence-corrected chi connectivity index (χ1v) is 11.0. The second kappa shape index (κ2) is 7.00. The number of likely N-dealkylation sites (tertiary alicyclic amines) is 1. The summed E-state index contributed by atoms with van der Waals surface area (Å²) in [7, 11) is 0. The molecule has 1 aromatic heterocycles. The standard InChI is InChI=1S/C23H30ClN3O2/c1-15-19(26-14-25-15)12-27-8-6-23(7-9-27)11-18-21(28-13-23)17-10-16(24)4-5-20(17)29-22(18,2)3/h4-5,10,14,18,21H,6-9,11-13H2,1-3H3,(H,25,26)/t18-,21+/m0/s1. The van der Waals surface area contributed by atoms with Crippen LogP contribution in [0.4, 0.5) is 0 Å². The molecule has 29 heavy (non-hydrogen) atoms. The second-order valence-electron chi connectivity index (χ2n) is 9.68. The summed E-state index contributed by atoms with van der Waals surface area (Å²) < 4.78 is 13.0. The van der Waals surface area contributed by atoms with Crippen LogP contribution in [0.5, 0.6) is 5.75 Å². The number of ether oxygens (including phenoxy) is 2. The van der Waals surface area contributed by atoms with Crippen LogP contribution >= 0.6 is 11.6 Å². The Labute approximate surface area is 177 Å².